The average molecular weight is 366 g/mol. The summed E-state index contributed by atoms with van der Waals surface area (Å²) in [6.45, 7) is 6.11. The molecule has 3 fully saturated rings. The largest absolute Gasteiger partial charge is 0.381 e. The van der Waals surface area contributed by atoms with Crippen LogP contribution in [0.4, 0.5) is 0 Å². The van der Waals surface area contributed by atoms with Crippen LogP contribution >= 0.6 is 11.3 Å². The molecular formula is C18H26N2O4S. The van der Waals surface area contributed by atoms with Crippen LogP contribution in [-0.2, 0) is 25.6 Å². The Morgan fingerprint density at radius 3 is 2.88 bits per heavy atom. The second-order valence-corrected chi connectivity index (χ2v) is 8.46. The molecule has 4 heterocycles. The lowest BCUT2D eigenvalue weighted by molar-refractivity contribution is -0.205. The number of hydrogen-bond donors (Lipinski definition) is 0. The maximum atomic E-state index is 12.6. The van der Waals surface area contributed by atoms with Crippen LogP contribution in [0.25, 0.3) is 0 Å². The first kappa shape index (κ1) is 17.4. The minimum absolute atomic E-state index is 0.134. The number of hydrogen-bond acceptors (Lipinski definition) is 6. The van der Waals surface area contributed by atoms with Gasteiger partial charge < -0.3 is 19.1 Å². The minimum Gasteiger partial charge on any atom is -0.381 e. The molecule has 0 bridgehead atoms. The van der Waals surface area contributed by atoms with E-state index in [1.165, 1.54) is 0 Å². The zero-order valence-electron chi connectivity index (χ0n) is 14.7. The van der Waals surface area contributed by atoms with Crippen molar-refractivity contribution in [3.8, 4) is 0 Å². The van der Waals surface area contributed by atoms with Crippen molar-refractivity contribution in [1.82, 2.24) is 9.88 Å². The number of carbonyl (C=O) groups excluding carboxylic acids is 1. The number of likely N-dealkylation sites (tertiary alicyclic amines) is 1. The Labute approximate surface area is 152 Å². The summed E-state index contributed by atoms with van der Waals surface area (Å²) in [5.41, 5.74) is 0.815. The highest BCUT2D eigenvalue weighted by Gasteiger charge is 2.50. The molecule has 0 unspecified atom stereocenters. The van der Waals surface area contributed by atoms with Crippen LogP contribution in [0.1, 0.15) is 36.4 Å². The molecule has 0 aromatic carbocycles. The standard InChI is InChI=1S/C18H26N2O4S/c1-13-19-15(10-25-13)9-23-16-4-7-24-18(8-16)11-20(12-18)17(21)14-2-5-22-6-3-14/h10,14,16H,2-9,11-12H2,1H3/t16-/m0/s1. The van der Waals surface area contributed by atoms with E-state index in [9.17, 15) is 4.79 Å². The van der Waals surface area contributed by atoms with E-state index in [1.807, 2.05) is 11.8 Å². The van der Waals surface area contributed by atoms with E-state index in [0.717, 1.165) is 36.4 Å². The predicted octanol–water partition coefficient (Wildman–Crippen LogP) is 2.15. The highest BCUT2D eigenvalue weighted by molar-refractivity contribution is 7.09. The van der Waals surface area contributed by atoms with Gasteiger partial charge in [-0.05, 0) is 26.2 Å². The summed E-state index contributed by atoms with van der Waals surface area (Å²) in [7, 11) is 0. The molecule has 25 heavy (non-hydrogen) atoms. The molecule has 0 aliphatic carbocycles. The topological polar surface area (TPSA) is 60.9 Å². The Kier molecular flexibility index (Phi) is 5.08. The Morgan fingerprint density at radius 1 is 1.36 bits per heavy atom. The summed E-state index contributed by atoms with van der Waals surface area (Å²) < 4.78 is 17.5. The lowest BCUT2D eigenvalue weighted by atomic mass is 9.83. The van der Waals surface area contributed by atoms with Gasteiger partial charge in [-0.2, -0.15) is 0 Å². The van der Waals surface area contributed by atoms with Crippen molar-refractivity contribution in [2.24, 2.45) is 5.92 Å². The predicted molar refractivity (Wildman–Crippen MR) is 93.5 cm³/mol. The number of amides is 1. The van der Waals surface area contributed by atoms with E-state index < -0.39 is 0 Å². The molecule has 3 aliphatic rings. The van der Waals surface area contributed by atoms with Gasteiger partial charge in [0.1, 0.15) is 5.60 Å². The number of carbonyl (C=O) groups is 1. The maximum Gasteiger partial charge on any atom is 0.226 e. The molecule has 138 valence electrons. The summed E-state index contributed by atoms with van der Waals surface area (Å²) in [5, 5.41) is 3.13. The van der Waals surface area contributed by atoms with Crippen molar-refractivity contribution >= 4 is 17.2 Å². The quantitative estimate of drug-likeness (QED) is 0.817. The van der Waals surface area contributed by atoms with Crippen LogP contribution in [-0.4, -0.2) is 60.4 Å². The van der Waals surface area contributed by atoms with Gasteiger partial charge in [-0.3, -0.25) is 4.79 Å². The molecule has 0 saturated carbocycles. The maximum absolute atomic E-state index is 12.6. The van der Waals surface area contributed by atoms with Crippen molar-refractivity contribution in [3.05, 3.63) is 16.1 Å². The third-order valence-electron chi connectivity index (χ3n) is 5.42. The molecule has 0 radical (unpaired) electrons. The summed E-state index contributed by atoms with van der Waals surface area (Å²) >= 11 is 1.65. The SMILES string of the molecule is Cc1nc(CO[C@H]2CCOC3(C2)CN(C(=O)C2CCOCC2)C3)cs1. The normalized spacial score (nSPS) is 26.6. The highest BCUT2D eigenvalue weighted by atomic mass is 32.1. The Hall–Kier alpha value is -1.02. The zero-order chi connectivity index (χ0) is 17.3. The zero-order valence-corrected chi connectivity index (χ0v) is 15.6. The molecule has 3 aliphatic heterocycles. The van der Waals surface area contributed by atoms with Crippen molar-refractivity contribution in [1.29, 1.82) is 0 Å². The number of aromatic nitrogens is 1. The highest BCUT2D eigenvalue weighted by Crippen LogP contribution is 2.37. The van der Waals surface area contributed by atoms with Gasteiger partial charge in [0.2, 0.25) is 5.91 Å². The van der Waals surface area contributed by atoms with Crippen molar-refractivity contribution in [3.63, 3.8) is 0 Å². The Balaban J connectivity index is 1.26. The molecule has 1 atom stereocenters. The number of aryl methyl sites for hydroxylation is 1. The van der Waals surface area contributed by atoms with Crippen LogP contribution in [0.3, 0.4) is 0 Å². The van der Waals surface area contributed by atoms with Gasteiger partial charge in [-0.1, -0.05) is 0 Å². The number of rotatable bonds is 4. The summed E-state index contributed by atoms with van der Waals surface area (Å²) in [5.74, 6) is 0.410. The van der Waals surface area contributed by atoms with Gasteiger partial charge in [0.15, 0.2) is 0 Å². The van der Waals surface area contributed by atoms with Crippen LogP contribution in [0, 0.1) is 12.8 Å². The molecule has 3 saturated heterocycles. The summed E-state index contributed by atoms with van der Waals surface area (Å²) in [6.07, 6.45) is 3.67. The molecule has 1 amide bonds. The van der Waals surface area contributed by atoms with Gasteiger partial charge in [-0.25, -0.2) is 4.98 Å². The van der Waals surface area contributed by atoms with Crippen molar-refractivity contribution < 1.29 is 19.0 Å². The first-order valence-electron chi connectivity index (χ1n) is 9.17. The number of ether oxygens (including phenoxy) is 3. The minimum atomic E-state index is -0.193. The molecule has 0 N–H and O–H groups in total. The van der Waals surface area contributed by atoms with Gasteiger partial charge in [0.25, 0.3) is 0 Å². The van der Waals surface area contributed by atoms with Crippen molar-refractivity contribution in [2.75, 3.05) is 32.9 Å². The van der Waals surface area contributed by atoms with Crippen LogP contribution in [0.5, 0.6) is 0 Å². The van der Waals surface area contributed by atoms with E-state index in [2.05, 4.69) is 10.4 Å². The molecule has 1 spiro atoms. The first-order chi connectivity index (χ1) is 12.1. The second kappa shape index (κ2) is 7.31. The van der Waals surface area contributed by atoms with Crippen LogP contribution in [0.15, 0.2) is 5.38 Å². The van der Waals surface area contributed by atoms with Crippen LogP contribution in [0.2, 0.25) is 0 Å². The van der Waals surface area contributed by atoms with E-state index in [-0.39, 0.29) is 23.5 Å². The van der Waals surface area contributed by atoms with Crippen LogP contribution < -0.4 is 0 Å². The monoisotopic (exact) mass is 366 g/mol. The van der Waals surface area contributed by atoms with Gasteiger partial charge in [0, 0.05) is 37.5 Å². The van der Waals surface area contributed by atoms with Gasteiger partial charge in [0.05, 0.1) is 36.5 Å². The molecule has 6 nitrogen and oxygen atoms in total. The van der Waals surface area contributed by atoms with Gasteiger partial charge >= 0.3 is 0 Å². The van der Waals surface area contributed by atoms with E-state index in [1.54, 1.807) is 11.3 Å². The molecule has 1 aromatic heterocycles. The third-order valence-corrected chi connectivity index (χ3v) is 6.24. The summed E-state index contributed by atoms with van der Waals surface area (Å²) in [6, 6.07) is 0. The Bertz CT molecular complexity index is 608. The fraction of sp³-hybridized carbons (Fsp3) is 0.778. The lowest BCUT2D eigenvalue weighted by Gasteiger charge is -2.53. The van der Waals surface area contributed by atoms with E-state index in [0.29, 0.717) is 39.5 Å². The lowest BCUT2D eigenvalue weighted by Crippen LogP contribution is -2.68. The molecular weight excluding hydrogens is 340 g/mol. The second-order valence-electron chi connectivity index (χ2n) is 7.40. The smallest absolute Gasteiger partial charge is 0.226 e. The first-order valence-corrected chi connectivity index (χ1v) is 10.0. The number of nitrogens with zero attached hydrogens (tertiary/aromatic N) is 2. The fourth-order valence-corrected chi connectivity index (χ4v) is 4.63. The van der Waals surface area contributed by atoms with E-state index >= 15 is 0 Å². The summed E-state index contributed by atoms with van der Waals surface area (Å²) in [4.78, 5) is 19.0. The van der Waals surface area contributed by atoms with Gasteiger partial charge in [-0.15, -0.1) is 11.3 Å². The average Bonchev–Trinajstić information content (AvgIpc) is 3.03. The molecule has 1 aromatic rings. The Morgan fingerprint density at radius 2 is 2.16 bits per heavy atom. The van der Waals surface area contributed by atoms with E-state index in [4.69, 9.17) is 14.2 Å². The molecule has 4 rings (SSSR count). The molecule has 7 heteroatoms. The fourth-order valence-electron chi connectivity index (χ4n) is 4.03. The third kappa shape index (κ3) is 3.89. The number of thiazole rings is 1. The van der Waals surface area contributed by atoms with Crippen molar-refractivity contribution in [2.45, 2.75) is 50.9 Å².